The normalized spacial score (nSPS) is 16.7. The molecule has 1 heterocycles. The molecule has 0 saturated carbocycles. The Hall–Kier alpha value is -0.440. The number of hydrogen-bond acceptors (Lipinski definition) is 2. The van der Waals surface area contributed by atoms with Gasteiger partial charge in [-0.2, -0.15) is 0 Å². The Morgan fingerprint density at radius 1 is 1.90 bits per heavy atom. The summed E-state index contributed by atoms with van der Waals surface area (Å²) in [5.74, 6) is 1.26. The summed E-state index contributed by atoms with van der Waals surface area (Å²) in [4.78, 5) is 10.8. The molecule has 56 valence electrons. The zero-order valence-electron chi connectivity index (χ0n) is 6.02. The van der Waals surface area contributed by atoms with Gasteiger partial charge in [-0.15, -0.1) is 11.8 Å². The first-order valence-electron chi connectivity index (χ1n) is 3.33. The third-order valence-corrected chi connectivity index (χ3v) is 2.40. The summed E-state index contributed by atoms with van der Waals surface area (Å²) >= 11 is 1.79. The maximum absolute atomic E-state index is 10.8. The Morgan fingerprint density at radius 2 is 2.70 bits per heavy atom. The maximum Gasteiger partial charge on any atom is 0.223 e. The summed E-state index contributed by atoms with van der Waals surface area (Å²) in [6.07, 6.45) is 1.67. The summed E-state index contributed by atoms with van der Waals surface area (Å²) in [7, 11) is 1.67. The molecule has 0 aromatic carbocycles. The van der Waals surface area contributed by atoms with Gasteiger partial charge in [0.15, 0.2) is 0 Å². The van der Waals surface area contributed by atoms with Crippen LogP contribution in [0, 0.1) is 0 Å². The van der Waals surface area contributed by atoms with E-state index < -0.39 is 0 Å². The van der Waals surface area contributed by atoms with Crippen molar-refractivity contribution in [1.82, 2.24) is 5.32 Å². The predicted molar refractivity (Wildman–Crippen MR) is 43.8 cm³/mol. The van der Waals surface area contributed by atoms with Crippen LogP contribution in [0.25, 0.3) is 0 Å². The average molecular weight is 157 g/mol. The van der Waals surface area contributed by atoms with E-state index in [9.17, 15) is 4.79 Å². The van der Waals surface area contributed by atoms with Gasteiger partial charge in [-0.05, 0) is 11.8 Å². The van der Waals surface area contributed by atoms with E-state index in [-0.39, 0.29) is 5.91 Å². The van der Waals surface area contributed by atoms with E-state index in [0.717, 1.165) is 12.2 Å². The fourth-order valence-electron chi connectivity index (χ4n) is 0.850. The van der Waals surface area contributed by atoms with E-state index in [1.54, 1.807) is 18.8 Å². The van der Waals surface area contributed by atoms with Gasteiger partial charge in [0.2, 0.25) is 5.91 Å². The van der Waals surface area contributed by atoms with Crippen molar-refractivity contribution in [3.8, 4) is 0 Å². The number of amides is 1. The first-order chi connectivity index (χ1) is 4.83. The van der Waals surface area contributed by atoms with Crippen LogP contribution in [0.2, 0.25) is 0 Å². The monoisotopic (exact) mass is 157 g/mol. The van der Waals surface area contributed by atoms with Crippen LogP contribution in [-0.2, 0) is 4.79 Å². The lowest BCUT2D eigenvalue weighted by atomic mass is 10.1. The van der Waals surface area contributed by atoms with Gasteiger partial charge < -0.3 is 5.32 Å². The third kappa shape index (κ3) is 2.06. The van der Waals surface area contributed by atoms with E-state index in [4.69, 9.17) is 0 Å². The predicted octanol–water partition coefficient (Wildman–Crippen LogP) is 1.14. The second kappa shape index (κ2) is 3.66. The van der Waals surface area contributed by atoms with Crippen LogP contribution < -0.4 is 5.32 Å². The van der Waals surface area contributed by atoms with Crippen molar-refractivity contribution in [2.75, 3.05) is 12.8 Å². The number of hydrogen-bond donors (Lipinski definition) is 1. The second-order valence-corrected chi connectivity index (χ2v) is 3.22. The molecule has 3 heteroatoms. The van der Waals surface area contributed by atoms with Gasteiger partial charge in [0.25, 0.3) is 0 Å². The molecule has 0 aromatic heterocycles. The minimum atomic E-state index is 0.119. The van der Waals surface area contributed by atoms with Gasteiger partial charge in [0.1, 0.15) is 0 Å². The molecule has 1 aliphatic rings. The molecule has 0 aliphatic carbocycles. The smallest absolute Gasteiger partial charge is 0.223 e. The lowest BCUT2D eigenvalue weighted by Crippen LogP contribution is -2.17. The van der Waals surface area contributed by atoms with Crippen LogP contribution in [0.4, 0.5) is 0 Å². The van der Waals surface area contributed by atoms with E-state index in [1.807, 2.05) is 0 Å². The molecule has 0 unspecified atom stereocenters. The molecular formula is C7H11NOS. The van der Waals surface area contributed by atoms with E-state index in [1.165, 1.54) is 5.57 Å². The zero-order valence-corrected chi connectivity index (χ0v) is 6.83. The largest absolute Gasteiger partial charge is 0.359 e. The van der Waals surface area contributed by atoms with Gasteiger partial charge in [0.05, 0.1) is 0 Å². The van der Waals surface area contributed by atoms with Crippen LogP contribution in [0.5, 0.6) is 0 Å². The lowest BCUT2D eigenvalue weighted by Gasteiger charge is -1.97. The molecule has 2 nitrogen and oxygen atoms in total. The molecule has 0 atom stereocenters. The molecule has 0 bridgehead atoms. The summed E-state index contributed by atoms with van der Waals surface area (Å²) in [6, 6.07) is 0. The second-order valence-electron chi connectivity index (χ2n) is 2.25. The van der Waals surface area contributed by atoms with Crippen molar-refractivity contribution in [3.63, 3.8) is 0 Å². The van der Waals surface area contributed by atoms with Gasteiger partial charge in [0, 0.05) is 19.2 Å². The van der Waals surface area contributed by atoms with Crippen LogP contribution in [0.15, 0.2) is 11.0 Å². The zero-order chi connectivity index (χ0) is 7.40. The average Bonchev–Trinajstić information content (AvgIpc) is 2.40. The number of rotatable bonds is 2. The first kappa shape index (κ1) is 7.66. The van der Waals surface area contributed by atoms with E-state index in [0.29, 0.717) is 6.42 Å². The van der Waals surface area contributed by atoms with Gasteiger partial charge in [-0.3, -0.25) is 4.79 Å². The van der Waals surface area contributed by atoms with Crippen LogP contribution >= 0.6 is 11.8 Å². The molecular weight excluding hydrogens is 146 g/mol. The molecule has 0 fully saturated rings. The van der Waals surface area contributed by atoms with Crippen molar-refractivity contribution < 1.29 is 4.79 Å². The van der Waals surface area contributed by atoms with Crippen molar-refractivity contribution in [2.24, 2.45) is 0 Å². The Balaban J connectivity index is 2.30. The van der Waals surface area contributed by atoms with Crippen LogP contribution in [0.3, 0.4) is 0 Å². The SMILES string of the molecule is CNC(=O)CC1=CSCC1. The summed E-state index contributed by atoms with van der Waals surface area (Å²) in [5.41, 5.74) is 1.27. The Bertz CT molecular complexity index is 165. The standard InChI is InChI=1S/C7H11NOS/c1-8-7(9)4-6-2-3-10-5-6/h5H,2-4H2,1H3,(H,8,9). The van der Waals surface area contributed by atoms with Gasteiger partial charge >= 0.3 is 0 Å². The topological polar surface area (TPSA) is 29.1 Å². The Labute approximate surface area is 65.1 Å². The van der Waals surface area contributed by atoms with Crippen LogP contribution in [0.1, 0.15) is 12.8 Å². The molecule has 1 N–H and O–H groups in total. The first-order valence-corrected chi connectivity index (χ1v) is 4.38. The number of nitrogens with one attached hydrogen (secondary N) is 1. The molecule has 1 rings (SSSR count). The molecule has 0 saturated heterocycles. The van der Waals surface area contributed by atoms with Crippen molar-refractivity contribution >= 4 is 17.7 Å². The lowest BCUT2D eigenvalue weighted by molar-refractivity contribution is -0.119. The van der Waals surface area contributed by atoms with Crippen molar-refractivity contribution in [1.29, 1.82) is 0 Å². The molecule has 10 heavy (non-hydrogen) atoms. The summed E-state index contributed by atoms with van der Waals surface area (Å²) in [6.45, 7) is 0. The fraction of sp³-hybridized carbons (Fsp3) is 0.571. The van der Waals surface area contributed by atoms with Crippen molar-refractivity contribution in [3.05, 3.63) is 11.0 Å². The number of thioether (sulfide) groups is 1. The minimum absolute atomic E-state index is 0.119. The number of carbonyl (C=O) groups is 1. The van der Waals surface area contributed by atoms with E-state index >= 15 is 0 Å². The van der Waals surface area contributed by atoms with Crippen LogP contribution in [-0.4, -0.2) is 18.7 Å². The molecule has 0 spiro atoms. The van der Waals surface area contributed by atoms with Gasteiger partial charge in [-0.25, -0.2) is 0 Å². The highest BCUT2D eigenvalue weighted by atomic mass is 32.2. The van der Waals surface area contributed by atoms with Gasteiger partial charge in [-0.1, -0.05) is 5.57 Å². The molecule has 0 aromatic rings. The molecule has 0 radical (unpaired) electrons. The number of carbonyl (C=O) groups excluding carboxylic acids is 1. The highest BCUT2D eigenvalue weighted by Crippen LogP contribution is 2.23. The summed E-state index contributed by atoms with van der Waals surface area (Å²) in [5, 5.41) is 4.70. The molecule has 1 aliphatic heterocycles. The quantitative estimate of drug-likeness (QED) is 0.651. The highest BCUT2D eigenvalue weighted by Gasteiger charge is 2.07. The molecule has 1 amide bonds. The minimum Gasteiger partial charge on any atom is -0.359 e. The Kier molecular flexibility index (Phi) is 2.81. The third-order valence-electron chi connectivity index (χ3n) is 1.46. The summed E-state index contributed by atoms with van der Waals surface area (Å²) < 4.78 is 0. The maximum atomic E-state index is 10.8. The van der Waals surface area contributed by atoms with E-state index in [2.05, 4.69) is 10.7 Å². The fourth-order valence-corrected chi connectivity index (χ4v) is 1.79. The van der Waals surface area contributed by atoms with Crippen molar-refractivity contribution in [2.45, 2.75) is 12.8 Å². The highest BCUT2D eigenvalue weighted by molar-refractivity contribution is 8.02. The Morgan fingerprint density at radius 3 is 3.20 bits per heavy atom.